The van der Waals surface area contributed by atoms with Crippen LogP contribution in [0.15, 0.2) is 34.4 Å². The van der Waals surface area contributed by atoms with Crippen molar-refractivity contribution in [3.8, 4) is 0 Å². The monoisotopic (exact) mass is 434 g/mol. The number of guanidine groups is 1. The molecule has 0 amide bonds. The summed E-state index contributed by atoms with van der Waals surface area (Å²) in [5.74, 6) is 1.95. The number of aromatic nitrogens is 3. The van der Waals surface area contributed by atoms with E-state index in [-0.39, 0.29) is 0 Å². The van der Waals surface area contributed by atoms with Crippen LogP contribution in [0.1, 0.15) is 49.5 Å². The molecule has 1 aromatic carbocycles. The van der Waals surface area contributed by atoms with E-state index in [1.807, 2.05) is 18.2 Å². The first-order valence-electron chi connectivity index (χ1n) is 10.4. The molecule has 2 aromatic rings. The maximum atomic E-state index is 6.04. The van der Waals surface area contributed by atoms with E-state index in [4.69, 9.17) is 11.6 Å². The molecule has 0 aliphatic heterocycles. The number of benzene rings is 1. The normalized spacial score (nSPS) is 15.1. The minimum Gasteiger partial charge on any atom is -0.356 e. The summed E-state index contributed by atoms with van der Waals surface area (Å²) in [6.07, 6.45) is 10.0. The summed E-state index contributed by atoms with van der Waals surface area (Å²) in [5.41, 5.74) is 1.22. The molecule has 1 saturated carbocycles. The molecule has 3 rings (SSSR count). The Hall–Kier alpha value is -1.73. The number of nitrogens with zero attached hydrogens (tertiary/aromatic N) is 4. The lowest BCUT2D eigenvalue weighted by atomic mass is 10.1. The predicted octanol–water partition coefficient (Wildman–Crippen LogP) is 4.11. The predicted molar refractivity (Wildman–Crippen MR) is 122 cm³/mol. The zero-order valence-corrected chi connectivity index (χ0v) is 18.9. The highest BCUT2D eigenvalue weighted by molar-refractivity contribution is 7.98. The molecule has 1 aliphatic rings. The zero-order valence-electron chi connectivity index (χ0n) is 17.3. The zero-order chi connectivity index (χ0) is 20.5. The quantitative estimate of drug-likeness (QED) is 0.269. The first-order chi connectivity index (χ1) is 14.2. The van der Waals surface area contributed by atoms with Crippen LogP contribution in [-0.4, -0.2) is 47.1 Å². The summed E-state index contributed by atoms with van der Waals surface area (Å²) in [4.78, 5) is 4.31. The van der Waals surface area contributed by atoms with E-state index in [0.717, 1.165) is 54.3 Å². The molecular weight excluding hydrogens is 404 g/mol. The largest absolute Gasteiger partial charge is 0.356 e. The van der Waals surface area contributed by atoms with Crippen molar-refractivity contribution in [3.63, 3.8) is 0 Å². The summed E-state index contributed by atoms with van der Waals surface area (Å²) in [6, 6.07) is 8.55. The SMILES string of the molecule is CN=C(NCCCc1nnc(SC)n1C1CCCC1)NCCc1cccc(Cl)c1. The third-order valence-electron chi connectivity index (χ3n) is 5.30. The van der Waals surface area contributed by atoms with Crippen molar-refractivity contribution < 1.29 is 0 Å². The van der Waals surface area contributed by atoms with Gasteiger partial charge in [0.05, 0.1) is 0 Å². The summed E-state index contributed by atoms with van der Waals surface area (Å²) in [6.45, 7) is 1.66. The minimum atomic E-state index is 0.580. The van der Waals surface area contributed by atoms with Gasteiger partial charge >= 0.3 is 0 Å². The fourth-order valence-electron chi connectivity index (χ4n) is 3.84. The number of thioether (sulfide) groups is 1. The molecule has 1 fully saturated rings. The summed E-state index contributed by atoms with van der Waals surface area (Å²) < 4.78 is 2.38. The van der Waals surface area contributed by atoms with E-state index in [2.05, 4.69) is 42.7 Å². The van der Waals surface area contributed by atoms with Gasteiger partial charge in [-0.15, -0.1) is 10.2 Å². The number of aliphatic imine (C=N–C) groups is 1. The molecular formula is C21H31ClN6S. The molecule has 0 unspecified atom stereocenters. The molecule has 0 radical (unpaired) electrons. The van der Waals surface area contributed by atoms with E-state index in [1.165, 1.54) is 31.2 Å². The average molecular weight is 435 g/mol. The number of aryl methyl sites for hydroxylation is 1. The summed E-state index contributed by atoms with van der Waals surface area (Å²) in [7, 11) is 1.80. The summed E-state index contributed by atoms with van der Waals surface area (Å²) in [5, 5.41) is 17.5. The number of nitrogens with one attached hydrogen (secondary N) is 2. The smallest absolute Gasteiger partial charge is 0.191 e. The molecule has 1 aliphatic carbocycles. The molecule has 1 heterocycles. The minimum absolute atomic E-state index is 0.580. The molecule has 2 N–H and O–H groups in total. The van der Waals surface area contributed by atoms with E-state index < -0.39 is 0 Å². The Morgan fingerprint density at radius 3 is 2.72 bits per heavy atom. The highest BCUT2D eigenvalue weighted by Gasteiger charge is 2.23. The fraction of sp³-hybridized carbons (Fsp3) is 0.571. The third-order valence-corrected chi connectivity index (χ3v) is 6.17. The first kappa shape index (κ1) is 22.0. The van der Waals surface area contributed by atoms with Gasteiger partial charge in [0.15, 0.2) is 11.1 Å². The lowest BCUT2D eigenvalue weighted by Crippen LogP contribution is -2.38. The van der Waals surface area contributed by atoms with Gasteiger partial charge in [0, 0.05) is 37.6 Å². The van der Waals surface area contributed by atoms with Crippen LogP contribution < -0.4 is 10.6 Å². The van der Waals surface area contributed by atoms with Crippen LogP contribution in [0.5, 0.6) is 0 Å². The van der Waals surface area contributed by atoms with Crippen LogP contribution >= 0.6 is 23.4 Å². The van der Waals surface area contributed by atoms with Gasteiger partial charge < -0.3 is 15.2 Å². The second-order valence-electron chi connectivity index (χ2n) is 7.32. The van der Waals surface area contributed by atoms with Crippen molar-refractivity contribution in [3.05, 3.63) is 40.7 Å². The van der Waals surface area contributed by atoms with Crippen LogP contribution in [0.3, 0.4) is 0 Å². The molecule has 6 nitrogen and oxygen atoms in total. The Morgan fingerprint density at radius 1 is 1.21 bits per heavy atom. The van der Waals surface area contributed by atoms with Gasteiger partial charge in [-0.3, -0.25) is 4.99 Å². The van der Waals surface area contributed by atoms with Gasteiger partial charge in [0.2, 0.25) is 0 Å². The summed E-state index contributed by atoms with van der Waals surface area (Å²) >= 11 is 7.74. The van der Waals surface area contributed by atoms with Crippen LogP contribution in [0, 0.1) is 0 Å². The standard InChI is InChI=1S/C21H31ClN6S/c1-23-20(25-14-12-16-7-5-8-17(22)15-16)24-13-6-11-19-26-27-21(29-2)28(19)18-9-3-4-10-18/h5,7-8,15,18H,3-4,6,9-14H2,1-2H3,(H2,23,24,25). The van der Waals surface area contributed by atoms with Crippen LogP contribution in [0.4, 0.5) is 0 Å². The molecule has 0 saturated heterocycles. The number of halogens is 1. The van der Waals surface area contributed by atoms with Crippen molar-refractivity contribution in [2.75, 3.05) is 26.4 Å². The maximum absolute atomic E-state index is 6.04. The van der Waals surface area contributed by atoms with Gasteiger partial charge in [-0.1, -0.05) is 48.3 Å². The van der Waals surface area contributed by atoms with E-state index in [1.54, 1.807) is 18.8 Å². The van der Waals surface area contributed by atoms with E-state index in [0.29, 0.717) is 6.04 Å². The number of rotatable bonds is 9. The number of hydrogen-bond donors (Lipinski definition) is 2. The maximum Gasteiger partial charge on any atom is 0.191 e. The Labute approximate surface area is 182 Å². The topological polar surface area (TPSA) is 67.1 Å². The highest BCUT2D eigenvalue weighted by Crippen LogP contribution is 2.33. The van der Waals surface area contributed by atoms with Crippen molar-refractivity contribution >= 4 is 29.3 Å². The lowest BCUT2D eigenvalue weighted by molar-refractivity contribution is 0.460. The van der Waals surface area contributed by atoms with E-state index in [9.17, 15) is 0 Å². The second-order valence-corrected chi connectivity index (χ2v) is 8.53. The van der Waals surface area contributed by atoms with Gasteiger partial charge in [-0.25, -0.2) is 0 Å². The van der Waals surface area contributed by atoms with E-state index >= 15 is 0 Å². The molecule has 1 aromatic heterocycles. The van der Waals surface area contributed by atoms with Gasteiger partial charge in [-0.05, 0) is 49.6 Å². The Bertz CT molecular complexity index is 800. The lowest BCUT2D eigenvalue weighted by Gasteiger charge is -2.16. The Kier molecular flexibility index (Phi) is 8.68. The highest BCUT2D eigenvalue weighted by atomic mass is 35.5. The second kappa shape index (κ2) is 11.5. The molecule has 8 heteroatoms. The molecule has 29 heavy (non-hydrogen) atoms. The van der Waals surface area contributed by atoms with Crippen LogP contribution in [0.2, 0.25) is 5.02 Å². The molecule has 0 spiro atoms. The van der Waals surface area contributed by atoms with Crippen LogP contribution in [0.25, 0.3) is 0 Å². The van der Waals surface area contributed by atoms with Crippen molar-refractivity contribution in [2.45, 2.75) is 56.1 Å². The van der Waals surface area contributed by atoms with Crippen molar-refractivity contribution in [2.24, 2.45) is 4.99 Å². The van der Waals surface area contributed by atoms with Crippen molar-refractivity contribution in [1.29, 1.82) is 0 Å². The third kappa shape index (κ3) is 6.37. The molecule has 158 valence electrons. The molecule has 0 atom stereocenters. The van der Waals surface area contributed by atoms with Gasteiger partial charge in [-0.2, -0.15) is 0 Å². The Morgan fingerprint density at radius 2 is 2.00 bits per heavy atom. The molecule has 0 bridgehead atoms. The number of hydrogen-bond acceptors (Lipinski definition) is 4. The van der Waals surface area contributed by atoms with Crippen molar-refractivity contribution in [1.82, 2.24) is 25.4 Å². The average Bonchev–Trinajstić information content (AvgIpc) is 3.39. The first-order valence-corrected chi connectivity index (χ1v) is 12.0. The fourth-order valence-corrected chi connectivity index (χ4v) is 4.62. The van der Waals surface area contributed by atoms with Gasteiger partial charge in [0.1, 0.15) is 5.82 Å². The van der Waals surface area contributed by atoms with Crippen LogP contribution in [-0.2, 0) is 12.8 Å². The van der Waals surface area contributed by atoms with Gasteiger partial charge in [0.25, 0.3) is 0 Å². The Balaban J connectivity index is 1.42.